The number of ether oxygens (including phenoxy) is 1. The summed E-state index contributed by atoms with van der Waals surface area (Å²) in [6, 6.07) is 0.121. The highest BCUT2D eigenvalue weighted by atomic mass is 16.5. The third-order valence-electron chi connectivity index (χ3n) is 4.05. The minimum Gasteiger partial charge on any atom is -0.396 e. The van der Waals surface area contributed by atoms with E-state index >= 15 is 0 Å². The van der Waals surface area contributed by atoms with Crippen LogP contribution in [0.5, 0.6) is 0 Å². The highest BCUT2D eigenvalue weighted by Crippen LogP contribution is 2.25. The van der Waals surface area contributed by atoms with Crippen LogP contribution in [-0.2, 0) is 9.53 Å². The number of rotatable bonds is 4. The zero-order valence-corrected chi connectivity index (χ0v) is 11.1. The Morgan fingerprint density at radius 3 is 2.83 bits per heavy atom. The van der Waals surface area contributed by atoms with E-state index in [1.54, 1.807) is 0 Å². The lowest BCUT2D eigenvalue weighted by molar-refractivity contribution is -0.137. The third kappa shape index (κ3) is 3.22. The van der Waals surface area contributed by atoms with Gasteiger partial charge in [-0.15, -0.1) is 0 Å². The average molecular weight is 256 g/mol. The van der Waals surface area contributed by atoms with Crippen molar-refractivity contribution in [3.05, 3.63) is 0 Å². The van der Waals surface area contributed by atoms with E-state index in [0.29, 0.717) is 32.2 Å². The van der Waals surface area contributed by atoms with Gasteiger partial charge in [-0.05, 0) is 25.7 Å². The summed E-state index contributed by atoms with van der Waals surface area (Å²) in [7, 11) is 0. The molecule has 1 aliphatic carbocycles. The molecular weight excluding hydrogens is 232 g/mol. The number of carbonyl (C=O) groups excluding carboxylic acids is 1. The number of carbonyl (C=O) groups is 1. The van der Waals surface area contributed by atoms with Crippen molar-refractivity contribution in [1.82, 2.24) is 10.2 Å². The van der Waals surface area contributed by atoms with E-state index in [1.807, 2.05) is 11.8 Å². The van der Waals surface area contributed by atoms with Crippen LogP contribution in [0.15, 0.2) is 0 Å². The zero-order valence-electron chi connectivity index (χ0n) is 11.1. The van der Waals surface area contributed by atoms with Crippen LogP contribution in [0.25, 0.3) is 0 Å². The van der Waals surface area contributed by atoms with E-state index in [2.05, 4.69) is 5.32 Å². The first kappa shape index (κ1) is 13.8. The van der Waals surface area contributed by atoms with Crippen LogP contribution in [-0.4, -0.2) is 60.9 Å². The van der Waals surface area contributed by atoms with Crippen molar-refractivity contribution in [3.63, 3.8) is 0 Å². The standard InChI is InChI=1S/C13H24N2O3/c1-10(13(17)15-5-7-18-8-6-15)14-12-4-2-3-11(12)9-16/h10-12,14,16H,2-9H2,1H3. The van der Waals surface area contributed by atoms with Crippen LogP contribution in [0.3, 0.4) is 0 Å². The van der Waals surface area contributed by atoms with Crippen molar-refractivity contribution in [1.29, 1.82) is 0 Å². The molecule has 2 rings (SSSR count). The second-order valence-corrected chi connectivity index (χ2v) is 5.31. The molecule has 1 amide bonds. The Bertz CT molecular complexity index is 279. The Morgan fingerprint density at radius 2 is 2.17 bits per heavy atom. The molecule has 1 saturated carbocycles. The number of amides is 1. The lowest BCUT2D eigenvalue weighted by atomic mass is 10.0. The van der Waals surface area contributed by atoms with E-state index in [-0.39, 0.29) is 24.6 Å². The van der Waals surface area contributed by atoms with E-state index in [4.69, 9.17) is 4.74 Å². The number of hydrogen-bond donors (Lipinski definition) is 2. The highest BCUT2D eigenvalue weighted by molar-refractivity contribution is 5.81. The molecule has 0 spiro atoms. The molecule has 0 aromatic carbocycles. The van der Waals surface area contributed by atoms with Gasteiger partial charge in [-0.1, -0.05) is 6.42 Å². The summed E-state index contributed by atoms with van der Waals surface area (Å²) in [6.07, 6.45) is 3.26. The maximum atomic E-state index is 12.2. The first-order valence-corrected chi connectivity index (χ1v) is 6.96. The first-order chi connectivity index (χ1) is 8.72. The quantitative estimate of drug-likeness (QED) is 0.742. The Kier molecular flexibility index (Phi) is 4.97. The van der Waals surface area contributed by atoms with Crippen LogP contribution in [0.1, 0.15) is 26.2 Å². The number of nitrogens with one attached hydrogen (secondary N) is 1. The fraction of sp³-hybridized carbons (Fsp3) is 0.923. The molecule has 3 unspecified atom stereocenters. The largest absolute Gasteiger partial charge is 0.396 e. The van der Waals surface area contributed by atoms with Crippen molar-refractivity contribution < 1.29 is 14.6 Å². The molecule has 0 radical (unpaired) electrons. The van der Waals surface area contributed by atoms with Gasteiger partial charge in [-0.25, -0.2) is 0 Å². The van der Waals surface area contributed by atoms with Gasteiger partial charge >= 0.3 is 0 Å². The highest BCUT2D eigenvalue weighted by Gasteiger charge is 2.30. The van der Waals surface area contributed by atoms with E-state index < -0.39 is 0 Å². The summed E-state index contributed by atoms with van der Waals surface area (Å²) < 4.78 is 5.25. The van der Waals surface area contributed by atoms with Crippen LogP contribution in [0, 0.1) is 5.92 Å². The van der Waals surface area contributed by atoms with E-state index in [9.17, 15) is 9.90 Å². The lowest BCUT2D eigenvalue weighted by Crippen LogP contribution is -2.52. The minimum absolute atomic E-state index is 0.155. The van der Waals surface area contributed by atoms with Gasteiger partial charge in [0.1, 0.15) is 0 Å². The molecule has 0 aromatic heterocycles. The maximum absolute atomic E-state index is 12.2. The number of aliphatic hydroxyl groups excluding tert-OH is 1. The number of aliphatic hydroxyl groups is 1. The molecule has 0 aromatic rings. The molecule has 2 aliphatic rings. The maximum Gasteiger partial charge on any atom is 0.239 e. The SMILES string of the molecule is CC(NC1CCCC1CO)C(=O)N1CCOCC1. The molecule has 1 saturated heterocycles. The predicted molar refractivity (Wildman–Crippen MR) is 68.2 cm³/mol. The summed E-state index contributed by atoms with van der Waals surface area (Å²) in [5.74, 6) is 0.465. The second kappa shape index (κ2) is 6.50. The van der Waals surface area contributed by atoms with Gasteiger partial charge in [0, 0.05) is 25.7 Å². The summed E-state index contributed by atoms with van der Waals surface area (Å²) in [5.41, 5.74) is 0. The lowest BCUT2D eigenvalue weighted by Gasteiger charge is -2.31. The van der Waals surface area contributed by atoms with E-state index in [1.165, 1.54) is 0 Å². The van der Waals surface area contributed by atoms with Gasteiger partial charge in [0.25, 0.3) is 0 Å². The van der Waals surface area contributed by atoms with Crippen molar-refractivity contribution in [3.8, 4) is 0 Å². The fourth-order valence-corrected chi connectivity index (χ4v) is 2.92. The number of nitrogens with zero attached hydrogens (tertiary/aromatic N) is 1. The van der Waals surface area contributed by atoms with Crippen molar-refractivity contribution in [2.45, 2.75) is 38.3 Å². The molecule has 1 heterocycles. The Labute approximate surface area is 108 Å². The summed E-state index contributed by atoms with van der Waals surface area (Å²) in [5, 5.41) is 12.7. The van der Waals surface area contributed by atoms with Crippen molar-refractivity contribution >= 4 is 5.91 Å². The normalized spacial score (nSPS) is 30.4. The minimum atomic E-state index is -0.166. The fourth-order valence-electron chi connectivity index (χ4n) is 2.92. The molecule has 2 N–H and O–H groups in total. The van der Waals surface area contributed by atoms with Gasteiger partial charge in [0.05, 0.1) is 19.3 Å². The zero-order chi connectivity index (χ0) is 13.0. The molecule has 2 fully saturated rings. The molecule has 5 heteroatoms. The Morgan fingerprint density at radius 1 is 1.44 bits per heavy atom. The topological polar surface area (TPSA) is 61.8 Å². The van der Waals surface area contributed by atoms with Crippen molar-refractivity contribution in [2.75, 3.05) is 32.9 Å². The smallest absolute Gasteiger partial charge is 0.239 e. The first-order valence-electron chi connectivity index (χ1n) is 6.96. The second-order valence-electron chi connectivity index (χ2n) is 5.31. The van der Waals surface area contributed by atoms with Crippen LogP contribution >= 0.6 is 0 Å². The van der Waals surface area contributed by atoms with Gasteiger partial charge in [0.15, 0.2) is 0 Å². The monoisotopic (exact) mass is 256 g/mol. The molecule has 5 nitrogen and oxygen atoms in total. The predicted octanol–water partition coefficient (Wildman–Crippen LogP) is -0.0157. The van der Waals surface area contributed by atoms with Crippen LogP contribution in [0.2, 0.25) is 0 Å². The number of hydrogen-bond acceptors (Lipinski definition) is 4. The number of morpholine rings is 1. The van der Waals surface area contributed by atoms with Crippen LogP contribution < -0.4 is 5.32 Å². The molecule has 104 valence electrons. The molecular formula is C13H24N2O3. The summed E-state index contributed by atoms with van der Waals surface area (Å²) >= 11 is 0. The Balaban J connectivity index is 1.82. The van der Waals surface area contributed by atoms with Gasteiger partial charge < -0.3 is 20.1 Å². The third-order valence-corrected chi connectivity index (χ3v) is 4.05. The Hall–Kier alpha value is -0.650. The van der Waals surface area contributed by atoms with Gasteiger partial charge in [-0.2, -0.15) is 0 Å². The molecule has 18 heavy (non-hydrogen) atoms. The van der Waals surface area contributed by atoms with Crippen LogP contribution in [0.4, 0.5) is 0 Å². The molecule has 0 bridgehead atoms. The van der Waals surface area contributed by atoms with Gasteiger partial charge in [-0.3, -0.25) is 4.79 Å². The van der Waals surface area contributed by atoms with Crippen molar-refractivity contribution in [2.24, 2.45) is 5.92 Å². The summed E-state index contributed by atoms with van der Waals surface area (Å²) in [4.78, 5) is 14.1. The molecule has 3 atom stereocenters. The average Bonchev–Trinajstić information content (AvgIpc) is 2.86. The summed E-state index contributed by atoms with van der Waals surface area (Å²) in [6.45, 7) is 4.81. The molecule has 1 aliphatic heterocycles. The van der Waals surface area contributed by atoms with Gasteiger partial charge in [0.2, 0.25) is 5.91 Å². The van der Waals surface area contributed by atoms with E-state index in [0.717, 1.165) is 19.3 Å².